The molecule has 1 aliphatic rings. The number of nitrogens with one attached hydrogen (secondary N) is 1. The molecule has 0 amide bonds. The molecule has 2 unspecified atom stereocenters. The Hall–Kier alpha value is -3.15. The number of hydrogen-bond donors (Lipinski definition) is 3. The highest BCUT2D eigenvalue weighted by Crippen LogP contribution is 2.34. The summed E-state index contributed by atoms with van der Waals surface area (Å²) < 4.78 is 19.1. The number of halogens is 1. The summed E-state index contributed by atoms with van der Waals surface area (Å²) in [5.74, 6) is -0.565. The SMILES string of the molecule is Cc1c(C(O)CNCc2ccc(-c3ccc(C#N)c(F)c3)nc2)ccc2c1COC2O. The van der Waals surface area contributed by atoms with Gasteiger partial charge in [-0.2, -0.15) is 5.26 Å². The molecule has 0 spiro atoms. The smallest absolute Gasteiger partial charge is 0.181 e. The first-order valence-electron chi connectivity index (χ1n) is 9.93. The molecular weight excluding hydrogens is 397 g/mol. The topological polar surface area (TPSA) is 98.4 Å². The second-order valence-electron chi connectivity index (χ2n) is 7.52. The van der Waals surface area contributed by atoms with Crippen LogP contribution in [0.3, 0.4) is 0 Å². The molecule has 3 N–H and O–H groups in total. The van der Waals surface area contributed by atoms with Crippen LogP contribution in [0.25, 0.3) is 11.3 Å². The summed E-state index contributed by atoms with van der Waals surface area (Å²) in [5.41, 5.74) is 5.58. The molecule has 2 atom stereocenters. The first-order chi connectivity index (χ1) is 15.0. The van der Waals surface area contributed by atoms with Gasteiger partial charge >= 0.3 is 0 Å². The van der Waals surface area contributed by atoms with E-state index in [0.717, 1.165) is 27.8 Å². The number of aliphatic hydroxyl groups is 2. The molecule has 31 heavy (non-hydrogen) atoms. The molecule has 6 nitrogen and oxygen atoms in total. The first kappa shape index (κ1) is 21.1. The van der Waals surface area contributed by atoms with E-state index in [2.05, 4.69) is 10.3 Å². The van der Waals surface area contributed by atoms with Crippen molar-refractivity contribution < 1.29 is 19.3 Å². The van der Waals surface area contributed by atoms with Crippen molar-refractivity contribution in [3.63, 3.8) is 0 Å². The minimum Gasteiger partial charge on any atom is -0.387 e. The van der Waals surface area contributed by atoms with E-state index in [1.54, 1.807) is 30.5 Å². The predicted octanol–water partition coefficient (Wildman–Crippen LogP) is 3.41. The third-order valence-corrected chi connectivity index (χ3v) is 5.56. The number of rotatable bonds is 6. The van der Waals surface area contributed by atoms with Gasteiger partial charge in [0.25, 0.3) is 0 Å². The first-order valence-corrected chi connectivity index (χ1v) is 9.93. The van der Waals surface area contributed by atoms with Gasteiger partial charge in [-0.1, -0.05) is 24.3 Å². The molecule has 0 fully saturated rings. The van der Waals surface area contributed by atoms with E-state index in [1.165, 1.54) is 12.1 Å². The average molecular weight is 419 g/mol. The van der Waals surface area contributed by atoms with E-state index in [0.29, 0.717) is 31.0 Å². The fourth-order valence-corrected chi connectivity index (χ4v) is 3.76. The fraction of sp³-hybridized carbons (Fsp3) is 0.250. The van der Waals surface area contributed by atoms with Crippen molar-refractivity contribution in [2.24, 2.45) is 0 Å². The molecule has 4 rings (SSSR count). The Bertz CT molecular complexity index is 1140. The number of fused-ring (bicyclic) bond motifs is 1. The Labute approximate surface area is 179 Å². The van der Waals surface area contributed by atoms with Gasteiger partial charge in [0.2, 0.25) is 0 Å². The van der Waals surface area contributed by atoms with Crippen LogP contribution in [-0.2, 0) is 17.9 Å². The number of nitrogens with zero attached hydrogens (tertiary/aromatic N) is 2. The van der Waals surface area contributed by atoms with Crippen LogP contribution in [0.4, 0.5) is 4.39 Å². The molecular formula is C24H22FN3O3. The van der Waals surface area contributed by atoms with E-state index in [1.807, 2.05) is 19.1 Å². The summed E-state index contributed by atoms with van der Waals surface area (Å²) >= 11 is 0. The number of pyridine rings is 1. The van der Waals surface area contributed by atoms with Crippen molar-refractivity contribution in [2.75, 3.05) is 6.54 Å². The van der Waals surface area contributed by atoms with Gasteiger partial charge in [-0.05, 0) is 47.4 Å². The van der Waals surface area contributed by atoms with E-state index in [9.17, 15) is 14.6 Å². The fourth-order valence-electron chi connectivity index (χ4n) is 3.76. The van der Waals surface area contributed by atoms with Crippen LogP contribution in [-0.4, -0.2) is 21.7 Å². The quantitative estimate of drug-likeness (QED) is 0.566. The Kier molecular flexibility index (Phi) is 6.07. The number of aliphatic hydroxyl groups excluding tert-OH is 2. The maximum absolute atomic E-state index is 13.8. The molecule has 1 aromatic heterocycles. The zero-order valence-corrected chi connectivity index (χ0v) is 17.0. The van der Waals surface area contributed by atoms with Crippen molar-refractivity contribution >= 4 is 0 Å². The van der Waals surface area contributed by atoms with E-state index in [-0.39, 0.29) is 5.56 Å². The predicted molar refractivity (Wildman–Crippen MR) is 112 cm³/mol. The Morgan fingerprint density at radius 3 is 2.84 bits per heavy atom. The number of hydrogen-bond acceptors (Lipinski definition) is 6. The van der Waals surface area contributed by atoms with Crippen LogP contribution in [0.15, 0.2) is 48.7 Å². The lowest BCUT2D eigenvalue weighted by Gasteiger charge is -2.17. The number of nitriles is 1. The van der Waals surface area contributed by atoms with Crippen molar-refractivity contribution in [2.45, 2.75) is 32.5 Å². The van der Waals surface area contributed by atoms with Crippen LogP contribution in [0.1, 0.15) is 45.8 Å². The van der Waals surface area contributed by atoms with Crippen LogP contribution >= 0.6 is 0 Å². The Morgan fingerprint density at radius 1 is 1.29 bits per heavy atom. The minimum absolute atomic E-state index is 0.00504. The highest BCUT2D eigenvalue weighted by molar-refractivity contribution is 5.60. The molecule has 2 aromatic carbocycles. The van der Waals surface area contributed by atoms with Crippen LogP contribution < -0.4 is 5.32 Å². The van der Waals surface area contributed by atoms with E-state index >= 15 is 0 Å². The Morgan fingerprint density at radius 2 is 2.13 bits per heavy atom. The summed E-state index contributed by atoms with van der Waals surface area (Å²) in [4.78, 5) is 4.37. The molecule has 2 heterocycles. The third kappa shape index (κ3) is 4.33. The highest BCUT2D eigenvalue weighted by atomic mass is 19.1. The molecule has 158 valence electrons. The van der Waals surface area contributed by atoms with Crippen LogP contribution in [0, 0.1) is 24.1 Å². The van der Waals surface area contributed by atoms with Gasteiger partial charge in [-0.15, -0.1) is 0 Å². The number of ether oxygens (including phenoxy) is 1. The molecule has 3 aromatic rings. The monoisotopic (exact) mass is 419 g/mol. The largest absolute Gasteiger partial charge is 0.387 e. The summed E-state index contributed by atoms with van der Waals surface area (Å²) in [7, 11) is 0. The lowest BCUT2D eigenvalue weighted by molar-refractivity contribution is -0.0918. The highest BCUT2D eigenvalue weighted by Gasteiger charge is 2.25. The molecule has 1 aliphatic heterocycles. The van der Waals surface area contributed by atoms with Gasteiger partial charge in [0, 0.05) is 30.4 Å². The average Bonchev–Trinajstić information content (AvgIpc) is 3.16. The number of benzene rings is 2. The molecule has 0 saturated heterocycles. The van der Waals surface area contributed by atoms with E-state index in [4.69, 9.17) is 10.00 Å². The summed E-state index contributed by atoms with van der Waals surface area (Å²) in [5, 5.41) is 32.4. The van der Waals surface area contributed by atoms with Crippen molar-refractivity contribution in [3.05, 3.63) is 87.9 Å². The van der Waals surface area contributed by atoms with Crippen molar-refractivity contribution in [3.8, 4) is 17.3 Å². The maximum Gasteiger partial charge on any atom is 0.181 e. The van der Waals surface area contributed by atoms with E-state index < -0.39 is 18.2 Å². The lowest BCUT2D eigenvalue weighted by atomic mass is 9.95. The normalized spacial score (nSPS) is 16.0. The summed E-state index contributed by atoms with van der Waals surface area (Å²) in [6, 6.07) is 13.5. The second-order valence-corrected chi connectivity index (χ2v) is 7.52. The van der Waals surface area contributed by atoms with Gasteiger partial charge in [0.1, 0.15) is 11.9 Å². The maximum atomic E-state index is 13.8. The Balaban J connectivity index is 1.36. The summed E-state index contributed by atoms with van der Waals surface area (Å²) in [6.45, 7) is 3.13. The van der Waals surface area contributed by atoms with Crippen LogP contribution in [0.2, 0.25) is 0 Å². The van der Waals surface area contributed by atoms with Gasteiger partial charge in [0.05, 0.1) is 24.0 Å². The van der Waals surface area contributed by atoms with Gasteiger partial charge in [-0.25, -0.2) is 4.39 Å². The molecule has 0 saturated carbocycles. The minimum atomic E-state index is -0.894. The number of aromatic nitrogens is 1. The lowest BCUT2D eigenvalue weighted by Crippen LogP contribution is -2.22. The van der Waals surface area contributed by atoms with Gasteiger partial charge in [0.15, 0.2) is 6.29 Å². The van der Waals surface area contributed by atoms with Crippen LogP contribution in [0.5, 0.6) is 0 Å². The molecule has 0 bridgehead atoms. The zero-order chi connectivity index (χ0) is 22.0. The summed E-state index contributed by atoms with van der Waals surface area (Å²) in [6.07, 6.45) is 0.107. The van der Waals surface area contributed by atoms with Crippen molar-refractivity contribution in [1.29, 1.82) is 5.26 Å². The molecule has 0 radical (unpaired) electrons. The standard InChI is InChI=1S/C24H22FN3O3/c1-14-18(5-6-19-20(14)13-31-24(19)30)23(29)12-27-10-15-2-7-22(28-11-15)16-3-4-17(9-26)21(25)8-16/h2-8,11,23-24,27,29-30H,10,12-13H2,1H3. The molecule has 7 heteroatoms. The van der Waals surface area contributed by atoms with Gasteiger partial charge in [-0.3, -0.25) is 4.98 Å². The second kappa shape index (κ2) is 8.92. The zero-order valence-electron chi connectivity index (χ0n) is 17.0. The third-order valence-electron chi connectivity index (χ3n) is 5.56. The molecule has 0 aliphatic carbocycles. The van der Waals surface area contributed by atoms with Crippen molar-refractivity contribution in [1.82, 2.24) is 10.3 Å². The van der Waals surface area contributed by atoms with Gasteiger partial charge < -0.3 is 20.3 Å².